The van der Waals surface area contributed by atoms with Crippen LogP contribution in [0.4, 0.5) is 0 Å². The molecule has 11 heavy (non-hydrogen) atoms. The second-order valence-corrected chi connectivity index (χ2v) is 4.18. The van der Waals surface area contributed by atoms with E-state index in [2.05, 4.69) is 20.8 Å². The van der Waals surface area contributed by atoms with Crippen LogP contribution < -0.4 is 0 Å². The topological polar surface area (TPSA) is 29.5 Å². The summed E-state index contributed by atoms with van der Waals surface area (Å²) in [6.07, 6.45) is -0.347. The van der Waals surface area contributed by atoms with Gasteiger partial charge in [-0.25, -0.2) is 0 Å². The molecular weight excluding hydrogens is 140 g/mol. The highest BCUT2D eigenvalue weighted by atomic mass is 16.5. The highest BCUT2D eigenvalue weighted by Gasteiger charge is 2.26. The van der Waals surface area contributed by atoms with Gasteiger partial charge < -0.3 is 9.84 Å². The van der Waals surface area contributed by atoms with Crippen molar-refractivity contribution in [3.8, 4) is 0 Å². The van der Waals surface area contributed by atoms with E-state index in [4.69, 9.17) is 4.74 Å². The van der Waals surface area contributed by atoms with Crippen LogP contribution >= 0.6 is 0 Å². The third kappa shape index (κ3) is 3.73. The largest absolute Gasteiger partial charge is 0.390 e. The minimum absolute atomic E-state index is 0.151. The number of hydrogen-bond donors (Lipinski definition) is 1. The maximum absolute atomic E-state index is 9.53. The highest BCUT2D eigenvalue weighted by molar-refractivity contribution is 4.76. The zero-order valence-corrected chi connectivity index (χ0v) is 8.22. The Labute approximate surface area is 69.6 Å². The number of ether oxygens (including phenoxy) is 1. The summed E-state index contributed by atoms with van der Waals surface area (Å²) in [5, 5.41) is 9.53. The van der Waals surface area contributed by atoms with E-state index in [9.17, 15) is 5.11 Å². The molecule has 0 radical (unpaired) electrons. The molecular formula is C9H20O2. The first-order chi connectivity index (χ1) is 4.89. The lowest BCUT2D eigenvalue weighted by Gasteiger charge is -2.30. The molecule has 2 nitrogen and oxygen atoms in total. The predicted molar refractivity (Wildman–Crippen MR) is 46.5 cm³/mol. The zero-order chi connectivity index (χ0) is 9.07. The lowest BCUT2D eigenvalue weighted by atomic mass is 9.79. The normalized spacial score (nSPS) is 18.0. The maximum atomic E-state index is 9.53. The van der Waals surface area contributed by atoms with E-state index >= 15 is 0 Å². The molecule has 2 unspecified atom stereocenters. The van der Waals surface area contributed by atoms with Crippen LogP contribution in [-0.2, 0) is 4.74 Å². The quantitative estimate of drug-likeness (QED) is 0.680. The molecule has 0 aromatic carbocycles. The van der Waals surface area contributed by atoms with E-state index in [0.29, 0.717) is 6.61 Å². The highest BCUT2D eigenvalue weighted by Crippen LogP contribution is 2.27. The maximum Gasteiger partial charge on any atom is 0.0803 e. The minimum Gasteiger partial charge on any atom is -0.390 e. The molecule has 0 aliphatic rings. The summed E-state index contributed by atoms with van der Waals surface area (Å²) in [4.78, 5) is 0. The van der Waals surface area contributed by atoms with Crippen LogP contribution in [0.5, 0.6) is 0 Å². The summed E-state index contributed by atoms with van der Waals surface area (Å²) in [5.41, 5.74) is 0.151. The standard InChI is InChI=1S/C9H20O2/c1-7(9(2,3)4)8(10)6-11-5/h7-8,10H,6H2,1-5H3. The Morgan fingerprint density at radius 3 is 2.09 bits per heavy atom. The molecule has 2 atom stereocenters. The number of rotatable bonds is 3. The van der Waals surface area contributed by atoms with E-state index in [1.54, 1.807) is 7.11 Å². The van der Waals surface area contributed by atoms with Gasteiger partial charge in [-0.05, 0) is 11.3 Å². The van der Waals surface area contributed by atoms with Crippen molar-refractivity contribution in [1.29, 1.82) is 0 Å². The first kappa shape index (κ1) is 10.9. The van der Waals surface area contributed by atoms with Gasteiger partial charge in [0.1, 0.15) is 0 Å². The lowest BCUT2D eigenvalue weighted by Crippen LogP contribution is -2.32. The molecule has 0 aromatic heterocycles. The summed E-state index contributed by atoms with van der Waals surface area (Å²) in [6, 6.07) is 0. The lowest BCUT2D eigenvalue weighted by molar-refractivity contribution is -0.00469. The molecule has 0 fully saturated rings. The first-order valence-electron chi connectivity index (χ1n) is 4.06. The second-order valence-electron chi connectivity index (χ2n) is 4.18. The fourth-order valence-electron chi connectivity index (χ4n) is 0.892. The van der Waals surface area contributed by atoms with Gasteiger partial charge in [0.15, 0.2) is 0 Å². The Morgan fingerprint density at radius 1 is 1.36 bits per heavy atom. The molecule has 0 amide bonds. The zero-order valence-electron chi connectivity index (χ0n) is 8.22. The average Bonchev–Trinajstić information content (AvgIpc) is 1.85. The summed E-state index contributed by atoms with van der Waals surface area (Å²) in [5.74, 6) is 0.266. The van der Waals surface area contributed by atoms with Crippen LogP contribution in [0.15, 0.2) is 0 Å². The average molecular weight is 160 g/mol. The van der Waals surface area contributed by atoms with E-state index in [1.165, 1.54) is 0 Å². The minimum atomic E-state index is -0.347. The Bertz CT molecular complexity index is 105. The van der Waals surface area contributed by atoms with Gasteiger partial charge in [0.05, 0.1) is 12.7 Å². The molecule has 0 aliphatic heterocycles. The smallest absolute Gasteiger partial charge is 0.0803 e. The van der Waals surface area contributed by atoms with Gasteiger partial charge >= 0.3 is 0 Å². The Hall–Kier alpha value is -0.0800. The number of methoxy groups -OCH3 is 1. The van der Waals surface area contributed by atoms with Crippen molar-refractivity contribution in [2.75, 3.05) is 13.7 Å². The molecule has 1 N–H and O–H groups in total. The fraction of sp³-hybridized carbons (Fsp3) is 1.00. The van der Waals surface area contributed by atoms with E-state index in [0.717, 1.165) is 0 Å². The number of aliphatic hydroxyl groups is 1. The van der Waals surface area contributed by atoms with Crippen molar-refractivity contribution in [2.24, 2.45) is 11.3 Å². The fourth-order valence-corrected chi connectivity index (χ4v) is 0.892. The summed E-state index contributed by atoms with van der Waals surface area (Å²) in [7, 11) is 1.61. The van der Waals surface area contributed by atoms with Gasteiger partial charge in [-0.1, -0.05) is 27.7 Å². The van der Waals surface area contributed by atoms with Crippen molar-refractivity contribution in [3.63, 3.8) is 0 Å². The molecule has 0 saturated heterocycles. The molecule has 0 spiro atoms. The molecule has 0 saturated carbocycles. The summed E-state index contributed by atoms with van der Waals surface area (Å²) in [6.45, 7) is 8.84. The predicted octanol–water partition coefficient (Wildman–Crippen LogP) is 1.68. The van der Waals surface area contributed by atoms with Gasteiger partial charge in [-0.3, -0.25) is 0 Å². The van der Waals surface area contributed by atoms with Crippen molar-refractivity contribution in [3.05, 3.63) is 0 Å². The molecule has 68 valence electrons. The summed E-state index contributed by atoms with van der Waals surface area (Å²) < 4.78 is 4.87. The van der Waals surface area contributed by atoms with Crippen LogP contribution in [0.1, 0.15) is 27.7 Å². The molecule has 0 aliphatic carbocycles. The van der Waals surface area contributed by atoms with Gasteiger partial charge in [0.25, 0.3) is 0 Å². The number of hydrogen-bond acceptors (Lipinski definition) is 2. The van der Waals surface area contributed by atoms with Crippen molar-refractivity contribution in [2.45, 2.75) is 33.8 Å². The van der Waals surface area contributed by atoms with Gasteiger partial charge in [-0.15, -0.1) is 0 Å². The van der Waals surface area contributed by atoms with Crippen LogP contribution in [-0.4, -0.2) is 24.9 Å². The van der Waals surface area contributed by atoms with E-state index < -0.39 is 0 Å². The van der Waals surface area contributed by atoms with E-state index in [-0.39, 0.29) is 17.4 Å². The van der Waals surface area contributed by atoms with Crippen LogP contribution in [0.25, 0.3) is 0 Å². The van der Waals surface area contributed by atoms with Crippen molar-refractivity contribution >= 4 is 0 Å². The van der Waals surface area contributed by atoms with Crippen LogP contribution in [0.2, 0.25) is 0 Å². The Kier molecular flexibility index (Phi) is 4.04. The van der Waals surface area contributed by atoms with Crippen molar-refractivity contribution in [1.82, 2.24) is 0 Å². The Balaban J connectivity index is 3.91. The van der Waals surface area contributed by atoms with Crippen LogP contribution in [0, 0.1) is 11.3 Å². The van der Waals surface area contributed by atoms with Gasteiger partial charge in [0, 0.05) is 7.11 Å². The third-order valence-electron chi connectivity index (χ3n) is 2.28. The van der Waals surface area contributed by atoms with Gasteiger partial charge in [0.2, 0.25) is 0 Å². The first-order valence-corrected chi connectivity index (χ1v) is 4.06. The molecule has 2 heteroatoms. The van der Waals surface area contributed by atoms with Crippen molar-refractivity contribution < 1.29 is 9.84 Å². The molecule has 0 rings (SSSR count). The summed E-state index contributed by atoms with van der Waals surface area (Å²) >= 11 is 0. The van der Waals surface area contributed by atoms with Gasteiger partial charge in [-0.2, -0.15) is 0 Å². The second kappa shape index (κ2) is 4.07. The molecule has 0 bridgehead atoms. The van der Waals surface area contributed by atoms with Crippen LogP contribution in [0.3, 0.4) is 0 Å². The van der Waals surface area contributed by atoms with E-state index in [1.807, 2.05) is 6.92 Å². The monoisotopic (exact) mass is 160 g/mol. The molecule has 0 aromatic rings. The number of aliphatic hydroxyl groups excluding tert-OH is 1. The molecule has 0 heterocycles. The Morgan fingerprint density at radius 2 is 1.82 bits per heavy atom. The SMILES string of the molecule is COCC(O)C(C)C(C)(C)C. The third-order valence-corrected chi connectivity index (χ3v) is 2.28.